The zero-order valence-corrected chi connectivity index (χ0v) is 7.71. The van der Waals surface area contributed by atoms with Crippen molar-refractivity contribution in [1.29, 1.82) is 0 Å². The van der Waals surface area contributed by atoms with Crippen LogP contribution in [0.15, 0.2) is 0 Å². The van der Waals surface area contributed by atoms with E-state index in [4.69, 9.17) is 5.73 Å². The molecular formula is C9H20N2. The van der Waals surface area contributed by atoms with Crippen molar-refractivity contribution in [1.82, 2.24) is 4.90 Å². The van der Waals surface area contributed by atoms with Gasteiger partial charge >= 0.3 is 0 Å². The van der Waals surface area contributed by atoms with Gasteiger partial charge in [0.15, 0.2) is 0 Å². The first-order chi connectivity index (χ1) is 5.18. The second kappa shape index (κ2) is 4.07. The fraction of sp³-hybridized carbons (Fsp3) is 1.00. The van der Waals surface area contributed by atoms with Gasteiger partial charge in [-0.2, -0.15) is 0 Å². The van der Waals surface area contributed by atoms with Gasteiger partial charge in [-0.15, -0.1) is 0 Å². The van der Waals surface area contributed by atoms with Crippen molar-refractivity contribution >= 4 is 0 Å². The molecular weight excluding hydrogens is 136 g/mol. The van der Waals surface area contributed by atoms with Gasteiger partial charge in [-0.1, -0.05) is 0 Å². The summed E-state index contributed by atoms with van der Waals surface area (Å²) in [4.78, 5) is 2.41. The van der Waals surface area contributed by atoms with E-state index in [0.717, 1.165) is 5.92 Å². The predicted molar refractivity (Wildman–Crippen MR) is 48.5 cm³/mol. The van der Waals surface area contributed by atoms with Crippen molar-refractivity contribution in [2.24, 2.45) is 11.7 Å². The summed E-state index contributed by atoms with van der Waals surface area (Å²) in [5.41, 5.74) is 5.75. The van der Waals surface area contributed by atoms with Gasteiger partial charge in [-0.05, 0) is 45.7 Å². The van der Waals surface area contributed by atoms with Crippen molar-refractivity contribution in [3.63, 3.8) is 0 Å². The fourth-order valence-corrected chi connectivity index (χ4v) is 1.99. The van der Waals surface area contributed by atoms with Crippen LogP contribution in [-0.4, -0.2) is 31.1 Å². The maximum absolute atomic E-state index is 5.75. The first-order valence-electron chi connectivity index (χ1n) is 4.62. The van der Waals surface area contributed by atoms with E-state index in [-0.39, 0.29) is 0 Å². The number of nitrogens with two attached hydrogens (primary N) is 1. The molecule has 2 heteroatoms. The lowest BCUT2D eigenvalue weighted by molar-refractivity contribution is 0.197. The molecule has 1 heterocycles. The van der Waals surface area contributed by atoms with E-state index in [1.807, 2.05) is 0 Å². The standard InChI is InChI=1S/C9H20N2/c1-8(10)6-9-4-3-5-11(2)7-9/h8-9H,3-7,10H2,1-2H3. The summed E-state index contributed by atoms with van der Waals surface area (Å²) < 4.78 is 0. The Kier molecular flexibility index (Phi) is 3.34. The molecule has 0 aromatic carbocycles. The van der Waals surface area contributed by atoms with Crippen molar-refractivity contribution < 1.29 is 0 Å². The second-order valence-corrected chi connectivity index (χ2v) is 3.98. The molecule has 0 saturated carbocycles. The van der Waals surface area contributed by atoms with E-state index in [1.165, 1.54) is 32.4 Å². The lowest BCUT2D eigenvalue weighted by Crippen LogP contribution is -2.34. The van der Waals surface area contributed by atoms with Crippen LogP contribution in [0.4, 0.5) is 0 Å². The van der Waals surface area contributed by atoms with E-state index in [0.29, 0.717) is 6.04 Å². The molecule has 0 aromatic rings. The highest BCUT2D eigenvalue weighted by Crippen LogP contribution is 2.18. The topological polar surface area (TPSA) is 29.3 Å². The molecule has 0 bridgehead atoms. The minimum Gasteiger partial charge on any atom is -0.328 e. The molecule has 66 valence electrons. The molecule has 1 aliphatic heterocycles. The smallest absolute Gasteiger partial charge is 0.00135 e. The third-order valence-corrected chi connectivity index (χ3v) is 2.43. The molecule has 11 heavy (non-hydrogen) atoms. The number of hydrogen-bond donors (Lipinski definition) is 1. The summed E-state index contributed by atoms with van der Waals surface area (Å²) in [7, 11) is 2.20. The maximum Gasteiger partial charge on any atom is 0.00135 e. The van der Waals surface area contributed by atoms with Crippen LogP contribution in [0.5, 0.6) is 0 Å². The lowest BCUT2D eigenvalue weighted by Gasteiger charge is -2.30. The highest BCUT2D eigenvalue weighted by molar-refractivity contribution is 4.73. The SMILES string of the molecule is CC(N)CC1CCCN(C)C1. The summed E-state index contributed by atoms with van der Waals surface area (Å²) >= 11 is 0. The molecule has 1 rings (SSSR count). The summed E-state index contributed by atoms with van der Waals surface area (Å²) in [6, 6.07) is 0.381. The van der Waals surface area contributed by atoms with Gasteiger partial charge in [0.2, 0.25) is 0 Å². The highest BCUT2D eigenvalue weighted by Gasteiger charge is 2.17. The first kappa shape index (κ1) is 9.01. The average molecular weight is 156 g/mol. The predicted octanol–water partition coefficient (Wildman–Crippen LogP) is 1.07. The largest absolute Gasteiger partial charge is 0.328 e. The van der Waals surface area contributed by atoms with E-state index in [2.05, 4.69) is 18.9 Å². The summed E-state index contributed by atoms with van der Waals surface area (Å²) in [6.45, 7) is 4.63. The Labute approximate surface area is 69.8 Å². The molecule has 0 aliphatic carbocycles. The number of likely N-dealkylation sites (tertiary alicyclic amines) is 1. The van der Waals surface area contributed by atoms with Gasteiger partial charge in [0.25, 0.3) is 0 Å². The van der Waals surface area contributed by atoms with E-state index in [9.17, 15) is 0 Å². The molecule has 1 fully saturated rings. The quantitative estimate of drug-likeness (QED) is 0.648. The van der Waals surface area contributed by atoms with Crippen LogP contribution in [0.25, 0.3) is 0 Å². The zero-order valence-electron chi connectivity index (χ0n) is 7.71. The Bertz CT molecular complexity index is 110. The minimum atomic E-state index is 0.381. The number of nitrogens with zero attached hydrogens (tertiary/aromatic N) is 1. The van der Waals surface area contributed by atoms with Crippen LogP contribution in [0.2, 0.25) is 0 Å². The molecule has 2 atom stereocenters. The van der Waals surface area contributed by atoms with Crippen LogP contribution in [0.3, 0.4) is 0 Å². The van der Waals surface area contributed by atoms with Gasteiger partial charge < -0.3 is 10.6 Å². The first-order valence-corrected chi connectivity index (χ1v) is 4.62. The normalized spacial score (nSPS) is 30.3. The Balaban J connectivity index is 2.23. The third kappa shape index (κ3) is 3.21. The molecule has 1 saturated heterocycles. The molecule has 1 aliphatic rings. The van der Waals surface area contributed by atoms with E-state index < -0.39 is 0 Å². The van der Waals surface area contributed by atoms with Crippen LogP contribution < -0.4 is 5.73 Å². The van der Waals surface area contributed by atoms with Crippen LogP contribution in [0, 0.1) is 5.92 Å². The van der Waals surface area contributed by atoms with Gasteiger partial charge in [0.1, 0.15) is 0 Å². The molecule has 2 N–H and O–H groups in total. The number of hydrogen-bond acceptors (Lipinski definition) is 2. The van der Waals surface area contributed by atoms with Crippen LogP contribution in [-0.2, 0) is 0 Å². The molecule has 0 spiro atoms. The number of piperidine rings is 1. The van der Waals surface area contributed by atoms with Gasteiger partial charge in [-0.25, -0.2) is 0 Å². The van der Waals surface area contributed by atoms with Gasteiger partial charge in [-0.3, -0.25) is 0 Å². The van der Waals surface area contributed by atoms with Crippen LogP contribution in [0.1, 0.15) is 26.2 Å². The maximum atomic E-state index is 5.75. The van der Waals surface area contributed by atoms with Crippen molar-refractivity contribution in [2.75, 3.05) is 20.1 Å². The fourth-order valence-electron chi connectivity index (χ4n) is 1.99. The van der Waals surface area contributed by atoms with Crippen molar-refractivity contribution in [2.45, 2.75) is 32.2 Å². The van der Waals surface area contributed by atoms with Gasteiger partial charge in [0, 0.05) is 12.6 Å². The molecule has 2 nitrogen and oxygen atoms in total. The second-order valence-electron chi connectivity index (χ2n) is 3.98. The monoisotopic (exact) mass is 156 g/mol. The Morgan fingerprint density at radius 1 is 1.64 bits per heavy atom. The van der Waals surface area contributed by atoms with Crippen molar-refractivity contribution in [3.05, 3.63) is 0 Å². The summed E-state index contributed by atoms with van der Waals surface area (Å²) in [5, 5.41) is 0. The molecule has 0 aromatic heterocycles. The highest BCUT2D eigenvalue weighted by atomic mass is 15.1. The third-order valence-electron chi connectivity index (χ3n) is 2.43. The van der Waals surface area contributed by atoms with E-state index in [1.54, 1.807) is 0 Å². The van der Waals surface area contributed by atoms with E-state index >= 15 is 0 Å². The minimum absolute atomic E-state index is 0.381. The molecule has 2 unspecified atom stereocenters. The van der Waals surface area contributed by atoms with Crippen LogP contribution >= 0.6 is 0 Å². The lowest BCUT2D eigenvalue weighted by atomic mass is 9.92. The molecule has 0 amide bonds. The summed E-state index contributed by atoms with van der Waals surface area (Å²) in [5.74, 6) is 0.855. The van der Waals surface area contributed by atoms with Gasteiger partial charge in [0.05, 0.1) is 0 Å². The molecule has 0 radical (unpaired) electrons. The number of rotatable bonds is 2. The zero-order chi connectivity index (χ0) is 8.27. The summed E-state index contributed by atoms with van der Waals surface area (Å²) in [6.07, 6.45) is 3.93. The van der Waals surface area contributed by atoms with Crippen molar-refractivity contribution in [3.8, 4) is 0 Å². The Morgan fingerprint density at radius 2 is 2.36 bits per heavy atom. The Hall–Kier alpha value is -0.0800. The average Bonchev–Trinajstić information content (AvgIpc) is 1.85. The Morgan fingerprint density at radius 3 is 2.91 bits per heavy atom.